The fourth-order valence-corrected chi connectivity index (χ4v) is 4.59. The zero-order chi connectivity index (χ0) is 18.7. The predicted molar refractivity (Wildman–Crippen MR) is 97.1 cm³/mol. The third kappa shape index (κ3) is 4.20. The Morgan fingerprint density at radius 1 is 1.15 bits per heavy atom. The molecule has 7 nitrogen and oxygen atoms in total. The van der Waals surface area contributed by atoms with E-state index in [0.29, 0.717) is 18.5 Å². The van der Waals surface area contributed by atoms with Crippen LogP contribution in [0.3, 0.4) is 0 Å². The van der Waals surface area contributed by atoms with Crippen molar-refractivity contribution in [1.29, 1.82) is 0 Å². The lowest BCUT2D eigenvalue weighted by Gasteiger charge is -2.20. The molecule has 3 rings (SSSR count). The van der Waals surface area contributed by atoms with Gasteiger partial charge in [-0.15, -0.1) is 0 Å². The molecule has 1 saturated heterocycles. The average molecular weight is 376 g/mol. The summed E-state index contributed by atoms with van der Waals surface area (Å²) in [4.78, 5) is 23.5. The number of fused-ring (bicyclic) bond motifs is 1. The molecule has 1 fully saturated rings. The molecule has 2 aromatic carbocycles. The Bertz CT molecular complexity index is 942. The zero-order valence-electron chi connectivity index (χ0n) is 14.1. The van der Waals surface area contributed by atoms with Crippen molar-refractivity contribution in [3.05, 3.63) is 48.0 Å². The summed E-state index contributed by atoms with van der Waals surface area (Å²) in [7, 11) is -3.38. The molecule has 0 aliphatic carbocycles. The number of sulfonamides is 1. The van der Waals surface area contributed by atoms with Crippen LogP contribution in [-0.2, 0) is 19.6 Å². The van der Waals surface area contributed by atoms with Crippen LogP contribution in [0.2, 0.25) is 0 Å². The van der Waals surface area contributed by atoms with Gasteiger partial charge in [0.25, 0.3) is 0 Å². The average Bonchev–Trinajstić information content (AvgIpc) is 2.91. The Morgan fingerprint density at radius 3 is 2.54 bits per heavy atom. The van der Waals surface area contributed by atoms with E-state index in [1.165, 1.54) is 0 Å². The van der Waals surface area contributed by atoms with E-state index < -0.39 is 27.9 Å². The van der Waals surface area contributed by atoms with Gasteiger partial charge in [0.15, 0.2) is 0 Å². The maximum atomic E-state index is 12.3. The Kier molecular flexibility index (Phi) is 5.24. The summed E-state index contributed by atoms with van der Waals surface area (Å²) < 4.78 is 24.8. The largest absolute Gasteiger partial charge is 0.481 e. The molecule has 138 valence electrons. The van der Waals surface area contributed by atoms with E-state index in [9.17, 15) is 23.1 Å². The van der Waals surface area contributed by atoms with Gasteiger partial charge in [0.1, 0.15) is 0 Å². The number of carbonyl (C=O) groups excluding carboxylic acids is 1. The first-order chi connectivity index (χ1) is 12.3. The van der Waals surface area contributed by atoms with Crippen molar-refractivity contribution in [1.82, 2.24) is 9.62 Å². The monoisotopic (exact) mass is 376 g/mol. The number of amides is 1. The lowest BCUT2D eigenvalue weighted by molar-refractivity contribution is -0.137. The molecule has 0 bridgehead atoms. The molecule has 2 aromatic rings. The highest BCUT2D eigenvalue weighted by Gasteiger charge is 2.30. The molecule has 0 aromatic heterocycles. The number of nitrogens with one attached hydrogen (secondary N) is 1. The third-order valence-electron chi connectivity index (χ3n) is 4.41. The highest BCUT2D eigenvalue weighted by molar-refractivity contribution is 7.89. The topological polar surface area (TPSA) is 104 Å². The minimum atomic E-state index is -3.38. The van der Waals surface area contributed by atoms with E-state index in [0.717, 1.165) is 15.1 Å². The van der Waals surface area contributed by atoms with Crippen molar-refractivity contribution >= 4 is 32.7 Å². The van der Waals surface area contributed by atoms with Crippen molar-refractivity contribution in [2.75, 3.05) is 18.8 Å². The van der Waals surface area contributed by atoms with Gasteiger partial charge in [-0.05, 0) is 28.8 Å². The normalized spacial score (nSPS) is 17.8. The van der Waals surface area contributed by atoms with Gasteiger partial charge in [-0.3, -0.25) is 9.59 Å². The smallest absolute Gasteiger partial charge is 0.305 e. The van der Waals surface area contributed by atoms with Crippen molar-refractivity contribution in [2.24, 2.45) is 0 Å². The standard InChI is InChI=1S/C18H20N2O5S/c21-17(12-20-8-3-9-26(20,24)25)19-16(11-18(22)23)15-7-6-13-4-1-2-5-14(13)10-15/h1-2,4-7,10,16H,3,8-9,11-12H2,(H,19,21)(H,22,23)/t16-/m0/s1. The van der Waals surface area contributed by atoms with Gasteiger partial charge < -0.3 is 10.4 Å². The molecule has 2 N–H and O–H groups in total. The van der Waals surface area contributed by atoms with Crippen LogP contribution in [0.5, 0.6) is 0 Å². The second kappa shape index (κ2) is 7.43. The summed E-state index contributed by atoms with van der Waals surface area (Å²) in [6, 6.07) is 12.4. The minimum absolute atomic E-state index is 0.0451. The number of aliphatic carboxylic acids is 1. The molecule has 0 unspecified atom stereocenters. The SMILES string of the molecule is O=C(O)C[C@H](NC(=O)CN1CCCS1(=O)=O)c1ccc2ccccc2c1. The first-order valence-electron chi connectivity index (χ1n) is 8.33. The summed E-state index contributed by atoms with van der Waals surface area (Å²) in [5.74, 6) is -1.50. The van der Waals surface area contributed by atoms with E-state index >= 15 is 0 Å². The molecule has 1 amide bonds. The van der Waals surface area contributed by atoms with Crippen molar-refractivity contribution < 1.29 is 23.1 Å². The Balaban J connectivity index is 1.78. The van der Waals surface area contributed by atoms with Crippen molar-refractivity contribution in [3.63, 3.8) is 0 Å². The van der Waals surface area contributed by atoms with Crippen molar-refractivity contribution in [3.8, 4) is 0 Å². The van der Waals surface area contributed by atoms with Gasteiger partial charge in [0, 0.05) is 6.54 Å². The van der Waals surface area contributed by atoms with Crippen molar-refractivity contribution in [2.45, 2.75) is 18.9 Å². The molecule has 0 radical (unpaired) electrons. The number of carboxylic acids is 1. The Morgan fingerprint density at radius 2 is 1.88 bits per heavy atom. The first-order valence-corrected chi connectivity index (χ1v) is 9.94. The number of hydrogen-bond acceptors (Lipinski definition) is 4. The number of benzene rings is 2. The van der Waals surface area contributed by atoms with Gasteiger partial charge >= 0.3 is 5.97 Å². The lowest BCUT2D eigenvalue weighted by atomic mass is 9.99. The lowest BCUT2D eigenvalue weighted by Crippen LogP contribution is -2.40. The molecular weight excluding hydrogens is 356 g/mol. The minimum Gasteiger partial charge on any atom is -0.481 e. The van der Waals surface area contributed by atoms with Gasteiger partial charge in [-0.2, -0.15) is 4.31 Å². The van der Waals surface area contributed by atoms with Gasteiger partial charge in [-0.1, -0.05) is 36.4 Å². The maximum absolute atomic E-state index is 12.3. The van der Waals surface area contributed by atoms with Crippen LogP contribution >= 0.6 is 0 Å². The van der Waals surface area contributed by atoms with Crippen LogP contribution in [0.25, 0.3) is 10.8 Å². The number of carbonyl (C=O) groups is 2. The van der Waals surface area contributed by atoms with Crippen LogP contribution in [0.1, 0.15) is 24.4 Å². The molecule has 0 saturated carbocycles. The number of carboxylic acid groups (broad SMARTS) is 1. The third-order valence-corrected chi connectivity index (χ3v) is 6.32. The summed E-state index contributed by atoms with van der Waals surface area (Å²) >= 11 is 0. The summed E-state index contributed by atoms with van der Waals surface area (Å²) in [5, 5.41) is 13.8. The maximum Gasteiger partial charge on any atom is 0.305 e. The van der Waals surface area contributed by atoms with E-state index in [-0.39, 0.29) is 18.7 Å². The number of nitrogens with zero attached hydrogens (tertiary/aromatic N) is 1. The van der Waals surface area contributed by atoms with Gasteiger partial charge in [-0.25, -0.2) is 8.42 Å². The predicted octanol–water partition coefficient (Wildman–Crippen LogP) is 1.51. The second-order valence-electron chi connectivity index (χ2n) is 6.33. The summed E-state index contributed by atoms with van der Waals surface area (Å²) in [6.45, 7) is 0.0291. The van der Waals surface area contributed by atoms with Crippen LogP contribution in [0, 0.1) is 0 Å². The Hall–Kier alpha value is -2.45. The molecule has 0 spiro atoms. The molecular formula is C18H20N2O5S. The van der Waals surface area contributed by atoms with E-state index in [1.807, 2.05) is 36.4 Å². The second-order valence-corrected chi connectivity index (χ2v) is 8.42. The summed E-state index contributed by atoms with van der Waals surface area (Å²) in [5.41, 5.74) is 0.670. The molecule has 1 heterocycles. The fraction of sp³-hybridized carbons (Fsp3) is 0.333. The van der Waals surface area contributed by atoms with E-state index in [1.54, 1.807) is 6.07 Å². The van der Waals surface area contributed by atoms with E-state index in [4.69, 9.17) is 0 Å². The first kappa shape index (κ1) is 18.3. The van der Waals surface area contributed by atoms with Crippen LogP contribution in [0.4, 0.5) is 0 Å². The van der Waals surface area contributed by atoms with E-state index in [2.05, 4.69) is 5.32 Å². The Labute approximate surface area is 151 Å². The number of hydrogen-bond donors (Lipinski definition) is 2. The van der Waals surface area contributed by atoms with Gasteiger partial charge in [0.05, 0.1) is 24.8 Å². The molecule has 1 aliphatic rings. The fourth-order valence-electron chi connectivity index (χ4n) is 3.12. The quantitative estimate of drug-likeness (QED) is 0.795. The molecule has 26 heavy (non-hydrogen) atoms. The van der Waals surface area contributed by atoms with Gasteiger partial charge in [0.2, 0.25) is 15.9 Å². The zero-order valence-corrected chi connectivity index (χ0v) is 14.9. The summed E-state index contributed by atoms with van der Waals surface area (Å²) in [6.07, 6.45) is 0.218. The highest BCUT2D eigenvalue weighted by atomic mass is 32.2. The highest BCUT2D eigenvalue weighted by Crippen LogP contribution is 2.23. The van der Waals surface area contributed by atoms with Crippen LogP contribution in [0.15, 0.2) is 42.5 Å². The molecule has 8 heteroatoms. The molecule has 1 atom stereocenters. The molecule has 1 aliphatic heterocycles. The number of rotatable bonds is 6. The van der Waals surface area contributed by atoms with Crippen LogP contribution < -0.4 is 5.32 Å². The van der Waals surface area contributed by atoms with Crippen LogP contribution in [-0.4, -0.2) is 48.5 Å².